The molecule has 1 aromatic carbocycles. The molecule has 0 radical (unpaired) electrons. The first-order valence-electron chi connectivity index (χ1n) is 8.73. The zero-order chi connectivity index (χ0) is 18.4. The number of nitrogens with one attached hydrogen (secondary N) is 1. The summed E-state index contributed by atoms with van der Waals surface area (Å²) < 4.78 is 5.14. The maximum Gasteiger partial charge on any atom is 0.220 e. The molecule has 1 fully saturated rings. The third-order valence-corrected chi connectivity index (χ3v) is 4.71. The van der Waals surface area contributed by atoms with Gasteiger partial charge in [-0.15, -0.1) is 0 Å². The number of carbonyl (C=O) groups is 1. The van der Waals surface area contributed by atoms with Gasteiger partial charge in [0.25, 0.3) is 0 Å². The van der Waals surface area contributed by atoms with E-state index in [9.17, 15) is 9.90 Å². The first-order valence-corrected chi connectivity index (χ1v) is 8.73. The lowest BCUT2D eigenvalue weighted by atomic mass is 10.0. The molecule has 1 amide bonds. The van der Waals surface area contributed by atoms with Crippen LogP contribution in [-0.4, -0.2) is 53.8 Å². The van der Waals surface area contributed by atoms with Crippen molar-refractivity contribution in [2.45, 2.75) is 18.9 Å². The Morgan fingerprint density at radius 2 is 2.12 bits per heavy atom. The highest BCUT2D eigenvalue weighted by Crippen LogP contribution is 2.22. The van der Waals surface area contributed by atoms with E-state index in [1.807, 2.05) is 30.3 Å². The van der Waals surface area contributed by atoms with Crippen LogP contribution in [0.25, 0.3) is 0 Å². The lowest BCUT2D eigenvalue weighted by Crippen LogP contribution is -2.41. The van der Waals surface area contributed by atoms with E-state index < -0.39 is 0 Å². The van der Waals surface area contributed by atoms with Crippen LogP contribution in [0.15, 0.2) is 42.9 Å². The summed E-state index contributed by atoms with van der Waals surface area (Å²) >= 11 is 0. The monoisotopic (exact) mass is 356 g/mol. The molecule has 1 aliphatic heterocycles. The minimum atomic E-state index is -0.0849. The van der Waals surface area contributed by atoms with Gasteiger partial charge in [-0.05, 0) is 30.2 Å². The lowest BCUT2D eigenvalue weighted by Gasteiger charge is -2.18. The molecule has 0 spiro atoms. The minimum absolute atomic E-state index is 0.00472. The highest BCUT2D eigenvalue weighted by atomic mass is 16.5. The number of ether oxygens (including phenoxy) is 1. The second-order valence-electron chi connectivity index (χ2n) is 6.44. The molecule has 0 bridgehead atoms. The molecule has 7 heteroatoms. The number of amides is 1. The molecule has 3 rings (SSSR count). The zero-order valence-corrected chi connectivity index (χ0v) is 14.8. The molecule has 2 heterocycles. The quantitative estimate of drug-likeness (QED) is 0.771. The van der Waals surface area contributed by atoms with Crippen LogP contribution in [0.5, 0.6) is 5.75 Å². The third-order valence-electron chi connectivity index (χ3n) is 4.71. The topological polar surface area (TPSA) is 87.6 Å². The molecule has 2 atom stereocenters. The largest absolute Gasteiger partial charge is 0.497 e. The Morgan fingerprint density at radius 3 is 2.77 bits per heavy atom. The smallest absolute Gasteiger partial charge is 0.220 e. The summed E-state index contributed by atoms with van der Waals surface area (Å²) in [6.45, 7) is 1.33. The van der Waals surface area contributed by atoms with Gasteiger partial charge in [0.1, 0.15) is 17.9 Å². The van der Waals surface area contributed by atoms with Gasteiger partial charge in [-0.3, -0.25) is 4.79 Å². The summed E-state index contributed by atoms with van der Waals surface area (Å²) in [4.78, 5) is 22.6. The second-order valence-corrected chi connectivity index (χ2v) is 6.44. The third kappa shape index (κ3) is 4.49. The fourth-order valence-electron chi connectivity index (χ4n) is 3.21. The van der Waals surface area contributed by atoms with Crippen LogP contribution in [0.3, 0.4) is 0 Å². The fraction of sp³-hybridized carbons (Fsp3) is 0.421. The van der Waals surface area contributed by atoms with E-state index >= 15 is 0 Å². The average molecular weight is 356 g/mol. The summed E-state index contributed by atoms with van der Waals surface area (Å²) in [5.41, 5.74) is 1.09. The Labute approximate surface area is 153 Å². The molecule has 2 N–H and O–H groups in total. The molecular formula is C19H24N4O3. The number of rotatable bonds is 7. The van der Waals surface area contributed by atoms with Crippen LogP contribution in [0.4, 0.5) is 5.82 Å². The Bertz CT molecular complexity index is 708. The van der Waals surface area contributed by atoms with Crippen molar-refractivity contribution in [3.05, 3.63) is 48.4 Å². The Balaban J connectivity index is 1.52. The number of hydrogen-bond acceptors (Lipinski definition) is 6. The predicted octanol–water partition coefficient (Wildman–Crippen LogP) is 1.03. The number of nitrogens with zero attached hydrogens (tertiary/aromatic N) is 3. The highest BCUT2D eigenvalue weighted by Gasteiger charge is 2.33. The Hall–Kier alpha value is -2.67. The molecule has 0 saturated carbocycles. The molecule has 0 aliphatic carbocycles. The number of hydrogen-bond donors (Lipinski definition) is 2. The van der Waals surface area contributed by atoms with Gasteiger partial charge >= 0.3 is 0 Å². The van der Waals surface area contributed by atoms with Crippen LogP contribution in [0.1, 0.15) is 12.0 Å². The summed E-state index contributed by atoms with van der Waals surface area (Å²) in [7, 11) is 1.63. The molecular weight excluding hydrogens is 332 g/mol. The van der Waals surface area contributed by atoms with Crippen molar-refractivity contribution in [3.8, 4) is 5.75 Å². The van der Waals surface area contributed by atoms with Crippen LogP contribution in [0, 0.1) is 5.92 Å². The SMILES string of the molecule is COc1ccc(CCC(=O)N[C@@H]2CN(c3ccncn3)C[C@H]2CO)cc1. The zero-order valence-electron chi connectivity index (χ0n) is 14.8. The van der Waals surface area contributed by atoms with Gasteiger partial charge in [-0.25, -0.2) is 9.97 Å². The van der Waals surface area contributed by atoms with Gasteiger partial charge < -0.3 is 20.1 Å². The van der Waals surface area contributed by atoms with Crippen molar-refractivity contribution < 1.29 is 14.6 Å². The molecule has 7 nitrogen and oxygen atoms in total. The maximum absolute atomic E-state index is 12.3. The van der Waals surface area contributed by atoms with E-state index in [2.05, 4.69) is 20.2 Å². The fourth-order valence-corrected chi connectivity index (χ4v) is 3.21. The number of aryl methyl sites for hydroxylation is 1. The summed E-state index contributed by atoms with van der Waals surface area (Å²) in [6.07, 6.45) is 4.28. The van der Waals surface area contributed by atoms with Crippen molar-refractivity contribution in [1.29, 1.82) is 0 Å². The maximum atomic E-state index is 12.3. The molecule has 1 saturated heterocycles. The number of aliphatic hydroxyl groups excluding tert-OH is 1. The van der Waals surface area contributed by atoms with Gasteiger partial charge in [-0.2, -0.15) is 0 Å². The number of carbonyl (C=O) groups excluding carboxylic acids is 1. The molecule has 1 aliphatic rings. The van der Waals surface area contributed by atoms with Gasteiger partial charge in [0, 0.05) is 38.2 Å². The number of anilines is 1. The van der Waals surface area contributed by atoms with E-state index in [1.165, 1.54) is 6.33 Å². The number of aliphatic hydroxyl groups is 1. The average Bonchev–Trinajstić information content (AvgIpc) is 3.10. The van der Waals surface area contributed by atoms with Crippen LogP contribution in [0.2, 0.25) is 0 Å². The van der Waals surface area contributed by atoms with E-state index in [0.29, 0.717) is 25.9 Å². The van der Waals surface area contributed by atoms with Crippen molar-refractivity contribution in [2.75, 3.05) is 31.7 Å². The van der Waals surface area contributed by atoms with Crippen molar-refractivity contribution in [1.82, 2.24) is 15.3 Å². The van der Waals surface area contributed by atoms with Gasteiger partial charge in [-0.1, -0.05) is 12.1 Å². The summed E-state index contributed by atoms with van der Waals surface area (Å²) in [5.74, 6) is 1.61. The van der Waals surface area contributed by atoms with Gasteiger partial charge in [0.15, 0.2) is 0 Å². The Kier molecular flexibility index (Phi) is 6.01. The van der Waals surface area contributed by atoms with Crippen molar-refractivity contribution in [3.63, 3.8) is 0 Å². The molecule has 2 aromatic rings. The van der Waals surface area contributed by atoms with Crippen molar-refractivity contribution >= 4 is 11.7 Å². The van der Waals surface area contributed by atoms with E-state index in [4.69, 9.17) is 4.74 Å². The predicted molar refractivity (Wildman–Crippen MR) is 98.1 cm³/mol. The van der Waals surface area contributed by atoms with E-state index in [-0.39, 0.29) is 24.5 Å². The number of benzene rings is 1. The Morgan fingerprint density at radius 1 is 1.31 bits per heavy atom. The summed E-state index contributed by atoms with van der Waals surface area (Å²) in [5, 5.41) is 12.7. The van der Waals surface area contributed by atoms with E-state index in [0.717, 1.165) is 17.1 Å². The first kappa shape index (κ1) is 18.1. The van der Waals surface area contributed by atoms with Gasteiger partial charge in [0.2, 0.25) is 5.91 Å². The highest BCUT2D eigenvalue weighted by molar-refractivity contribution is 5.76. The lowest BCUT2D eigenvalue weighted by molar-refractivity contribution is -0.121. The first-order chi connectivity index (χ1) is 12.7. The minimum Gasteiger partial charge on any atom is -0.497 e. The molecule has 26 heavy (non-hydrogen) atoms. The number of aromatic nitrogens is 2. The second kappa shape index (κ2) is 8.62. The van der Waals surface area contributed by atoms with Crippen LogP contribution < -0.4 is 15.0 Å². The molecule has 0 unspecified atom stereocenters. The molecule has 1 aromatic heterocycles. The van der Waals surface area contributed by atoms with Gasteiger partial charge in [0.05, 0.1) is 13.2 Å². The normalized spacial score (nSPS) is 19.4. The van der Waals surface area contributed by atoms with Crippen molar-refractivity contribution in [2.24, 2.45) is 5.92 Å². The molecule has 138 valence electrons. The van der Waals surface area contributed by atoms with Crippen LogP contribution >= 0.6 is 0 Å². The summed E-state index contributed by atoms with van der Waals surface area (Å²) in [6, 6.07) is 9.47. The number of methoxy groups -OCH3 is 1. The van der Waals surface area contributed by atoms with Crippen LogP contribution in [-0.2, 0) is 11.2 Å². The standard InChI is InChI=1S/C19H24N4O3/c1-26-16-5-2-14(3-6-16)4-7-19(25)22-17-11-23(10-15(17)12-24)18-8-9-20-13-21-18/h2-3,5-6,8-9,13,15,17,24H,4,7,10-12H2,1H3,(H,22,25)/t15-,17+/m0/s1. The van der Waals surface area contributed by atoms with E-state index in [1.54, 1.807) is 13.3 Å².